The second kappa shape index (κ2) is 7.90. The van der Waals surface area contributed by atoms with Gasteiger partial charge in [0.15, 0.2) is 0 Å². The van der Waals surface area contributed by atoms with E-state index in [1.54, 1.807) is 6.07 Å². The Hall–Kier alpha value is -1.42. The van der Waals surface area contributed by atoms with Crippen molar-refractivity contribution in [2.75, 3.05) is 24.5 Å². The molecule has 1 heterocycles. The highest BCUT2D eigenvalue weighted by molar-refractivity contribution is 6.36. The van der Waals surface area contributed by atoms with Crippen LogP contribution in [0.2, 0.25) is 15.1 Å². The van der Waals surface area contributed by atoms with Gasteiger partial charge in [-0.05, 0) is 54.7 Å². The summed E-state index contributed by atoms with van der Waals surface area (Å²) in [6.07, 6.45) is 3.05. The third-order valence-corrected chi connectivity index (χ3v) is 6.16. The Morgan fingerprint density at radius 2 is 1.67 bits per heavy atom. The van der Waals surface area contributed by atoms with Crippen LogP contribution in [0.15, 0.2) is 42.5 Å². The second-order valence-corrected chi connectivity index (χ2v) is 8.62. The number of halogens is 3. The van der Waals surface area contributed by atoms with E-state index < -0.39 is 0 Å². The fourth-order valence-corrected chi connectivity index (χ4v) is 4.32. The topological polar surface area (TPSA) is 23.6 Å². The quantitative estimate of drug-likeness (QED) is 0.617. The smallest absolute Gasteiger partial charge is 0.222 e. The minimum absolute atomic E-state index is 0.0258. The molecule has 2 aliphatic rings. The Balaban J connectivity index is 1.63. The number of benzene rings is 2. The zero-order valence-corrected chi connectivity index (χ0v) is 17.1. The summed E-state index contributed by atoms with van der Waals surface area (Å²) >= 11 is 18.6. The van der Waals surface area contributed by atoms with Crippen LogP contribution in [0.3, 0.4) is 0 Å². The van der Waals surface area contributed by atoms with E-state index in [2.05, 4.69) is 4.90 Å². The van der Waals surface area contributed by atoms with Crippen LogP contribution < -0.4 is 4.90 Å². The molecule has 0 aromatic heterocycles. The van der Waals surface area contributed by atoms with E-state index in [9.17, 15) is 4.79 Å². The summed E-state index contributed by atoms with van der Waals surface area (Å²) in [4.78, 5) is 16.9. The zero-order valence-electron chi connectivity index (χ0n) is 14.9. The molecule has 1 atom stereocenters. The Kier molecular flexibility index (Phi) is 5.54. The molecule has 1 aliphatic heterocycles. The van der Waals surface area contributed by atoms with Crippen LogP contribution in [-0.2, 0) is 4.79 Å². The van der Waals surface area contributed by atoms with E-state index in [1.165, 1.54) is 12.8 Å². The summed E-state index contributed by atoms with van der Waals surface area (Å²) in [5, 5.41) is 1.94. The molecule has 1 unspecified atom stereocenters. The first kappa shape index (κ1) is 18.9. The van der Waals surface area contributed by atoms with Crippen molar-refractivity contribution in [3.8, 4) is 0 Å². The summed E-state index contributed by atoms with van der Waals surface area (Å²) in [6.45, 7) is 2.08. The molecule has 27 heavy (non-hydrogen) atoms. The molecule has 1 saturated heterocycles. The van der Waals surface area contributed by atoms with Gasteiger partial charge >= 0.3 is 0 Å². The first-order chi connectivity index (χ1) is 13.0. The summed E-state index contributed by atoms with van der Waals surface area (Å²) in [5.74, 6) is 0.855. The highest BCUT2D eigenvalue weighted by atomic mass is 35.5. The predicted octanol–water partition coefficient (Wildman–Crippen LogP) is 5.84. The fourth-order valence-electron chi connectivity index (χ4n) is 3.68. The average Bonchev–Trinajstić information content (AvgIpc) is 3.46. The van der Waals surface area contributed by atoms with Crippen LogP contribution in [-0.4, -0.2) is 30.4 Å². The SMILES string of the molecule is O=C(CC1CC1)N1CCN(c2ccc(Cl)cc2Cl)C(c2ccc(Cl)cc2)C1. The summed E-state index contributed by atoms with van der Waals surface area (Å²) in [6, 6.07) is 13.4. The van der Waals surface area contributed by atoms with Crippen LogP contribution in [0.1, 0.15) is 30.9 Å². The van der Waals surface area contributed by atoms with E-state index in [-0.39, 0.29) is 11.9 Å². The summed E-state index contributed by atoms with van der Waals surface area (Å²) in [7, 11) is 0. The molecule has 0 bridgehead atoms. The number of carbonyl (C=O) groups excluding carboxylic acids is 1. The molecule has 1 amide bonds. The van der Waals surface area contributed by atoms with Gasteiger partial charge in [-0.15, -0.1) is 0 Å². The van der Waals surface area contributed by atoms with E-state index in [4.69, 9.17) is 34.8 Å². The van der Waals surface area contributed by atoms with Crippen molar-refractivity contribution in [3.63, 3.8) is 0 Å². The van der Waals surface area contributed by atoms with E-state index in [0.717, 1.165) is 17.8 Å². The molecule has 2 aromatic rings. The monoisotopic (exact) mass is 422 g/mol. The number of hydrogen-bond donors (Lipinski definition) is 0. The van der Waals surface area contributed by atoms with Crippen molar-refractivity contribution in [2.24, 2.45) is 5.92 Å². The number of amides is 1. The lowest BCUT2D eigenvalue weighted by atomic mass is 10.0. The number of hydrogen-bond acceptors (Lipinski definition) is 2. The number of rotatable bonds is 4. The maximum Gasteiger partial charge on any atom is 0.222 e. The van der Waals surface area contributed by atoms with Gasteiger partial charge in [-0.1, -0.05) is 46.9 Å². The van der Waals surface area contributed by atoms with Crippen molar-refractivity contribution in [1.29, 1.82) is 0 Å². The van der Waals surface area contributed by atoms with E-state index in [0.29, 0.717) is 40.5 Å². The molecule has 0 spiro atoms. The number of carbonyl (C=O) groups is 1. The van der Waals surface area contributed by atoms with Gasteiger partial charge in [0.1, 0.15) is 0 Å². The molecule has 6 heteroatoms. The molecule has 4 rings (SSSR count). The fraction of sp³-hybridized carbons (Fsp3) is 0.381. The number of anilines is 1. The average molecular weight is 424 g/mol. The maximum atomic E-state index is 12.7. The van der Waals surface area contributed by atoms with Crippen molar-refractivity contribution >= 4 is 46.4 Å². The molecule has 0 radical (unpaired) electrons. The Labute approximate surface area is 174 Å². The largest absolute Gasteiger partial charge is 0.360 e. The number of piperazine rings is 1. The van der Waals surface area contributed by atoms with Crippen molar-refractivity contribution in [1.82, 2.24) is 4.90 Å². The van der Waals surface area contributed by atoms with Crippen LogP contribution >= 0.6 is 34.8 Å². The summed E-state index contributed by atoms with van der Waals surface area (Å²) in [5.41, 5.74) is 2.06. The van der Waals surface area contributed by atoms with Gasteiger partial charge in [0.25, 0.3) is 0 Å². The van der Waals surface area contributed by atoms with Crippen molar-refractivity contribution < 1.29 is 4.79 Å². The normalized spacial score (nSPS) is 20.0. The molecule has 2 fully saturated rings. The van der Waals surface area contributed by atoms with Crippen molar-refractivity contribution in [2.45, 2.75) is 25.3 Å². The first-order valence-electron chi connectivity index (χ1n) is 9.26. The maximum absolute atomic E-state index is 12.7. The van der Waals surface area contributed by atoms with Gasteiger partial charge in [0.05, 0.1) is 16.8 Å². The lowest BCUT2D eigenvalue weighted by molar-refractivity contribution is -0.132. The number of nitrogens with zero attached hydrogens (tertiary/aromatic N) is 2. The molecule has 142 valence electrons. The van der Waals surface area contributed by atoms with E-state index >= 15 is 0 Å². The van der Waals surface area contributed by atoms with Crippen LogP contribution in [0.5, 0.6) is 0 Å². The molecule has 1 aliphatic carbocycles. The first-order valence-corrected chi connectivity index (χ1v) is 10.4. The van der Waals surface area contributed by atoms with Gasteiger partial charge in [-0.2, -0.15) is 0 Å². The molecule has 2 aromatic carbocycles. The van der Waals surface area contributed by atoms with Gasteiger partial charge in [-0.25, -0.2) is 0 Å². The highest BCUT2D eigenvalue weighted by Crippen LogP contribution is 2.38. The summed E-state index contributed by atoms with van der Waals surface area (Å²) < 4.78 is 0. The molecule has 3 nitrogen and oxygen atoms in total. The molecule has 1 saturated carbocycles. The Morgan fingerprint density at radius 1 is 0.963 bits per heavy atom. The lowest BCUT2D eigenvalue weighted by Crippen LogP contribution is -2.50. The van der Waals surface area contributed by atoms with Crippen molar-refractivity contribution in [3.05, 3.63) is 63.1 Å². The van der Waals surface area contributed by atoms with Crippen LogP contribution in [0.25, 0.3) is 0 Å². The highest BCUT2D eigenvalue weighted by Gasteiger charge is 2.34. The Morgan fingerprint density at radius 3 is 2.33 bits per heavy atom. The third-order valence-electron chi connectivity index (χ3n) is 5.37. The minimum atomic E-state index is 0.0258. The molecule has 0 N–H and O–H groups in total. The standard InChI is InChI=1S/C21H21Cl3N2O/c22-16-5-3-15(4-6-16)20-13-25(21(27)11-14-1-2-14)9-10-26(20)19-8-7-17(23)12-18(19)24/h3-8,12,14,20H,1-2,9-11,13H2. The van der Waals surface area contributed by atoms with Gasteiger partial charge in [0.2, 0.25) is 5.91 Å². The third kappa shape index (κ3) is 4.37. The van der Waals surface area contributed by atoms with Crippen LogP contribution in [0.4, 0.5) is 5.69 Å². The predicted molar refractivity (Wildman–Crippen MR) is 112 cm³/mol. The van der Waals surface area contributed by atoms with E-state index in [1.807, 2.05) is 41.3 Å². The molecular weight excluding hydrogens is 403 g/mol. The Bertz CT molecular complexity index is 836. The molecular formula is C21H21Cl3N2O. The minimum Gasteiger partial charge on any atom is -0.360 e. The van der Waals surface area contributed by atoms with Crippen LogP contribution in [0, 0.1) is 5.92 Å². The van der Waals surface area contributed by atoms with Gasteiger partial charge in [0, 0.05) is 36.1 Å². The zero-order chi connectivity index (χ0) is 19.0. The second-order valence-electron chi connectivity index (χ2n) is 7.34. The lowest BCUT2D eigenvalue weighted by Gasteiger charge is -2.43. The van der Waals surface area contributed by atoms with Gasteiger partial charge in [-0.3, -0.25) is 4.79 Å². The van der Waals surface area contributed by atoms with Gasteiger partial charge < -0.3 is 9.80 Å².